The molecule has 1 N–H and O–H groups in total. The van der Waals surface area contributed by atoms with E-state index in [0.29, 0.717) is 32.7 Å². The molecule has 166 valence electrons. The third kappa shape index (κ3) is 6.52. The minimum atomic E-state index is -0.250. The van der Waals surface area contributed by atoms with Crippen LogP contribution < -0.4 is 10.2 Å². The number of para-hydroxylation sites is 1. The van der Waals surface area contributed by atoms with Crippen molar-refractivity contribution in [3.05, 3.63) is 59.9 Å². The van der Waals surface area contributed by atoms with Gasteiger partial charge >= 0.3 is 0 Å². The first-order chi connectivity index (χ1) is 15.0. The van der Waals surface area contributed by atoms with Crippen molar-refractivity contribution in [2.24, 2.45) is 0 Å². The van der Waals surface area contributed by atoms with Gasteiger partial charge in [-0.05, 0) is 55.8 Å². The van der Waals surface area contributed by atoms with Gasteiger partial charge < -0.3 is 15.1 Å². The molecular formula is C24H31FN4O2. The van der Waals surface area contributed by atoms with E-state index in [-0.39, 0.29) is 30.7 Å². The molecular weight excluding hydrogens is 395 g/mol. The third-order valence-electron chi connectivity index (χ3n) is 5.51. The zero-order valence-corrected chi connectivity index (χ0v) is 18.3. The molecule has 0 atom stereocenters. The van der Waals surface area contributed by atoms with E-state index in [0.717, 1.165) is 23.4 Å². The number of rotatable bonds is 8. The predicted molar refractivity (Wildman–Crippen MR) is 122 cm³/mol. The third-order valence-corrected chi connectivity index (χ3v) is 5.51. The van der Waals surface area contributed by atoms with Crippen LogP contribution >= 0.6 is 0 Å². The van der Waals surface area contributed by atoms with Crippen LogP contribution in [0.1, 0.15) is 18.9 Å². The Morgan fingerprint density at radius 1 is 1.00 bits per heavy atom. The molecule has 1 aliphatic rings. The smallest absolute Gasteiger partial charge is 0.238 e. The van der Waals surface area contributed by atoms with Crippen molar-refractivity contribution in [1.82, 2.24) is 9.80 Å². The summed E-state index contributed by atoms with van der Waals surface area (Å²) in [5, 5.41) is 2.94. The number of carbonyl (C=O) groups excluding carboxylic acids is 2. The number of nitrogens with one attached hydrogen (secondary N) is 1. The van der Waals surface area contributed by atoms with Crippen LogP contribution in [0.15, 0.2) is 48.5 Å². The largest absolute Gasteiger partial charge is 0.368 e. The van der Waals surface area contributed by atoms with Crippen molar-refractivity contribution >= 4 is 23.2 Å². The van der Waals surface area contributed by atoms with Crippen LogP contribution in [-0.4, -0.2) is 67.4 Å². The monoisotopic (exact) mass is 426 g/mol. The highest BCUT2D eigenvalue weighted by molar-refractivity contribution is 5.93. The van der Waals surface area contributed by atoms with Crippen LogP contribution in [0.25, 0.3) is 0 Å². The number of hydrogen-bond acceptors (Lipinski definition) is 4. The molecule has 0 saturated carbocycles. The Kier molecular flexibility index (Phi) is 8.00. The summed E-state index contributed by atoms with van der Waals surface area (Å²) in [4.78, 5) is 31.3. The Bertz CT molecular complexity index is 879. The zero-order valence-electron chi connectivity index (χ0n) is 18.3. The molecule has 1 aliphatic heterocycles. The van der Waals surface area contributed by atoms with Crippen molar-refractivity contribution < 1.29 is 14.0 Å². The summed E-state index contributed by atoms with van der Waals surface area (Å²) in [6.45, 7) is 7.74. The van der Waals surface area contributed by atoms with Crippen LogP contribution in [0.3, 0.4) is 0 Å². The van der Waals surface area contributed by atoms with Crippen LogP contribution in [0.5, 0.6) is 0 Å². The molecule has 1 saturated heterocycles. The molecule has 0 radical (unpaired) electrons. The number of amides is 2. The lowest BCUT2D eigenvalue weighted by atomic mass is 10.2. The molecule has 31 heavy (non-hydrogen) atoms. The van der Waals surface area contributed by atoms with Gasteiger partial charge in [0.2, 0.25) is 11.8 Å². The molecule has 0 unspecified atom stereocenters. The molecule has 7 heteroatoms. The van der Waals surface area contributed by atoms with Crippen LogP contribution in [-0.2, 0) is 9.59 Å². The molecule has 2 aromatic rings. The van der Waals surface area contributed by atoms with Crippen LogP contribution in [0.4, 0.5) is 15.8 Å². The van der Waals surface area contributed by atoms with Crippen molar-refractivity contribution in [2.45, 2.75) is 20.3 Å². The first-order valence-electron chi connectivity index (χ1n) is 10.8. The fourth-order valence-corrected chi connectivity index (χ4v) is 3.79. The van der Waals surface area contributed by atoms with Gasteiger partial charge in [0, 0.05) is 37.6 Å². The first-order valence-corrected chi connectivity index (χ1v) is 10.8. The van der Waals surface area contributed by atoms with Gasteiger partial charge in [0.05, 0.1) is 13.1 Å². The molecule has 2 amide bonds. The SMILES string of the molecule is CCCN(CC(=O)Nc1ccccc1C)CC(=O)N1CCN(c2ccc(F)cc2)CC1. The van der Waals surface area contributed by atoms with Gasteiger partial charge in [-0.15, -0.1) is 0 Å². The molecule has 0 aliphatic carbocycles. The number of carbonyl (C=O) groups is 2. The number of aryl methyl sites for hydroxylation is 1. The molecule has 1 fully saturated rings. The molecule has 2 aromatic carbocycles. The van der Waals surface area contributed by atoms with Gasteiger partial charge in [0.1, 0.15) is 5.82 Å². The number of piperazine rings is 1. The number of nitrogens with zero attached hydrogens (tertiary/aromatic N) is 3. The Morgan fingerprint density at radius 3 is 2.32 bits per heavy atom. The minimum Gasteiger partial charge on any atom is -0.368 e. The average Bonchev–Trinajstić information content (AvgIpc) is 2.76. The van der Waals surface area contributed by atoms with E-state index in [1.54, 1.807) is 12.1 Å². The summed E-state index contributed by atoms with van der Waals surface area (Å²) in [5.41, 5.74) is 2.77. The summed E-state index contributed by atoms with van der Waals surface area (Å²) in [6.07, 6.45) is 0.864. The molecule has 0 aromatic heterocycles. The topological polar surface area (TPSA) is 55.9 Å². The maximum Gasteiger partial charge on any atom is 0.238 e. The summed E-state index contributed by atoms with van der Waals surface area (Å²) < 4.78 is 13.1. The highest BCUT2D eigenvalue weighted by atomic mass is 19.1. The second kappa shape index (κ2) is 10.9. The normalized spacial score (nSPS) is 14.1. The fraction of sp³-hybridized carbons (Fsp3) is 0.417. The number of halogens is 1. The molecule has 6 nitrogen and oxygen atoms in total. The standard InChI is InChI=1S/C24H31FN4O2/c1-3-12-27(17-23(30)26-22-7-5-4-6-19(22)2)18-24(31)29-15-13-28(14-16-29)21-10-8-20(25)9-11-21/h4-11H,3,12-18H2,1-2H3,(H,26,30). The van der Waals surface area contributed by atoms with E-state index in [4.69, 9.17) is 0 Å². The van der Waals surface area contributed by atoms with Gasteiger partial charge in [0.15, 0.2) is 0 Å². The van der Waals surface area contributed by atoms with E-state index in [1.165, 1.54) is 12.1 Å². The van der Waals surface area contributed by atoms with E-state index in [9.17, 15) is 14.0 Å². The van der Waals surface area contributed by atoms with Crippen LogP contribution in [0.2, 0.25) is 0 Å². The summed E-state index contributed by atoms with van der Waals surface area (Å²) in [7, 11) is 0. The minimum absolute atomic E-state index is 0.0379. The first kappa shape index (κ1) is 22.7. The van der Waals surface area contributed by atoms with Gasteiger partial charge in [-0.2, -0.15) is 0 Å². The average molecular weight is 427 g/mol. The Morgan fingerprint density at radius 2 is 1.68 bits per heavy atom. The second-order valence-electron chi connectivity index (χ2n) is 7.92. The lowest BCUT2D eigenvalue weighted by Gasteiger charge is -2.37. The highest BCUT2D eigenvalue weighted by Gasteiger charge is 2.23. The Labute approximate surface area is 183 Å². The predicted octanol–water partition coefficient (Wildman–Crippen LogP) is 3.13. The van der Waals surface area contributed by atoms with Crippen molar-refractivity contribution in [3.63, 3.8) is 0 Å². The van der Waals surface area contributed by atoms with E-state index in [1.807, 2.05) is 47.9 Å². The fourth-order valence-electron chi connectivity index (χ4n) is 3.79. The summed E-state index contributed by atoms with van der Waals surface area (Å²) in [5.74, 6) is -0.326. The number of benzene rings is 2. The maximum atomic E-state index is 13.1. The molecule has 3 rings (SSSR count). The Balaban J connectivity index is 1.50. The van der Waals surface area contributed by atoms with Gasteiger partial charge in [0.25, 0.3) is 0 Å². The van der Waals surface area contributed by atoms with Crippen molar-refractivity contribution in [2.75, 3.05) is 56.0 Å². The quantitative estimate of drug-likeness (QED) is 0.705. The highest BCUT2D eigenvalue weighted by Crippen LogP contribution is 2.17. The molecule has 0 spiro atoms. The summed E-state index contributed by atoms with van der Waals surface area (Å²) in [6, 6.07) is 14.1. The van der Waals surface area contributed by atoms with Gasteiger partial charge in [-0.1, -0.05) is 25.1 Å². The lowest BCUT2D eigenvalue weighted by molar-refractivity contribution is -0.133. The zero-order chi connectivity index (χ0) is 22.2. The maximum absolute atomic E-state index is 13.1. The van der Waals surface area contributed by atoms with Gasteiger partial charge in [-0.3, -0.25) is 14.5 Å². The van der Waals surface area contributed by atoms with E-state index in [2.05, 4.69) is 10.2 Å². The van der Waals surface area contributed by atoms with E-state index >= 15 is 0 Å². The number of anilines is 2. The second-order valence-corrected chi connectivity index (χ2v) is 7.92. The number of hydrogen-bond donors (Lipinski definition) is 1. The van der Waals surface area contributed by atoms with Crippen molar-refractivity contribution in [1.29, 1.82) is 0 Å². The lowest BCUT2D eigenvalue weighted by Crippen LogP contribution is -2.52. The summed E-state index contributed by atoms with van der Waals surface area (Å²) >= 11 is 0. The van der Waals surface area contributed by atoms with Crippen LogP contribution in [0, 0.1) is 12.7 Å². The molecule has 0 bridgehead atoms. The Hall–Kier alpha value is -2.93. The van der Waals surface area contributed by atoms with Gasteiger partial charge in [-0.25, -0.2) is 4.39 Å². The van der Waals surface area contributed by atoms with Crippen molar-refractivity contribution in [3.8, 4) is 0 Å². The molecule has 1 heterocycles. The van der Waals surface area contributed by atoms with E-state index < -0.39 is 0 Å².